The van der Waals surface area contributed by atoms with Gasteiger partial charge in [0.25, 0.3) is 0 Å². The maximum Gasteiger partial charge on any atom is 0.0596 e. The predicted molar refractivity (Wildman–Crippen MR) is 70.5 cm³/mol. The molecule has 3 N–H and O–H groups in total. The van der Waals surface area contributed by atoms with Crippen LogP contribution in [0.15, 0.2) is 6.07 Å². The van der Waals surface area contributed by atoms with Gasteiger partial charge in [-0.05, 0) is 40.9 Å². The van der Waals surface area contributed by atoms with Crippen molar-refractivity contribution in [1.29, 1.82) is 0 Å². The summed E-state index contributed by atoms with van der Waals surface area (Å²) in [6.45, 7) is 6.37. The van der Waals surface area contributed by atoms with Crippen molar-refractivity contribution >= 4 is 0 Å². The van der Waals surface area contributed by atoms with Crippen LogP contribution in [0, 0.1) is 6.92 Å². The van der Waals surface area contributed by atoms with Gasteiger partial charge in [0.05, 0.1) is 5.69 Å². The van der Waals surface area contributed by atoms with Crippen LogP contribution in [0.25, 0.3) is 0 Å². The summed E-state index contributed by atoms with van der Waals surface area (Å²) in [5.74, 6) is 5.70. The zero-order chi connectivity index (χ0) is 13.2. The van der Waals surface area contributed by atoms with Crippen LogP contribution >= 0.6 is 0 Å². The molecular formula is C12H25N5. The van der Waals surface area contributed by atoms with E-state index in [-0.39, 0.29) is 11.6 Å². The first kappa shape index (κ1) is 14.2. The smallest absolute Gasteiger partial charge is 0.0596 e. The molecule has 1 aromatic rings. The molecule has 1 rings (SSSR count). The monoisotopic (exact) mass is 239 g/mol. The van der Waals surface area contributed by atoms with E-state index < -0.39 is 0 Å². The van der Waals surface area contributed by atoms with Gasteiger partial charge in [-0.15, -0.1) is 0 Å². The molecule has 1 atom stereocenters. The second-order valence-corrected chi connectivity index (χ2v) is 5.37. The lowest BCUT2D eigenvalue weighted by Gasteiger charge is -2.39. The maximum absolute atomic E-state index is 5.70. The van der Waals surface area contributed by atoms with Crippen LogP contribution in [0.3, 0.4) is 0 Å². The van der Waals surface area contributed by atoms with Crippen LogP contribution in [0.1, 0.15) is 25.2 Å². The Morgan fingerprint density at radius 2 is 2.12 bits per heavy atom. The highest BCUT2D eigenvalue weighted by Crippen LogP contribution is 2.19. The fourth-order valence-corrected chi connectivity index (χ4v) is 1.89. The molecule has 0 aliphatic heterocycles. The van der Waals surface area contributed by atoms with Gasteiger partial charge in [0, 0.05) is 30.7 Å². The Morgan fingerprint density at radius 1 is 1.53 bits per heavy atom. The molecule has 1 aromatic heterocycles. The number of nitrogens with zero attached hydrogens (tertiary/aromatic N) is 3. The number of nitrogens with two attached hydrogens (primary N) is 1. The average molecular weight is 239 g/mol. The number of nitrogens with one attached hydrogen (secondary N) is 1. The van der Waals surface area contributed by atoms with Gasteiger partial charge in [-0.1, -0.05) is 0 Å². The van der Waals surface area contributed by atoms with Gasteiger partial charge < -0.3 is 4.90 Å². The highest BCUT2D eigenvalue weighted by molar-refractivity contribution is 5.12. The molecule has 5 heteroatoms. The van der Waals surface area contributed by atoms with Crippen molar-refractivity contribution in [2.24, 2.45) is 12.9 Å². The van der Waals surface area contributed by atoms with Crippen LogP contribution in [0.2, 0.25) is 0 Å². The molecule has 0 spiro atoms. The molecule has 0 aromatic carbocycles. The molecule has 0 aliphatic carbocycles. The molecule has 17 heavy (non-hydrogen) atoms. The fourth-order valence-electron chi connectivity index (χ4n) is 1.89. The summed E-state index contributed by atoms with van der Waals surface area (Å²) in [4.78, 5) is 2.18. The minimum Gasteiger partial charge on any atom is -0.303 e. The summed E-state index contributed by atoms with van der Waals surface area (Å²) >= 11 is 0. The Bertz CT molecular complexity index is 367. The molecule has 1 heterocycles. The van der Waals surface area contributed by atoms with Crippen molar-refractivity contribution in [2.75, 3.05) is 14.1 Å². The van der Waals surface area contributed by atoms with E-state index in [0.29, 0.717) is 0 Å². The maximum atomic E-state index is 5.70. The number of hydrogen-bond donors (Lipinski definition) is 2. The lowest BCUT2D eigenvalue weighted by molar-refractivity contribution is 0.136. The normalized spacial score (nSPS) is 14.4. The summed E-state index contributed by atoms with van der Waals surface area (Å²) < 4.78 is 1.92. The molecular weight excluding hydrogens is 214 g/mol. The Kier molecular flexibility index (Phi) is 4.30. The van der Waals surface area contributed by atoms with Gasteiger partial charge in [0.1, 0.15) is 0 Å². The van der Waals surface area contributed by atoms with Gasteiger partial charge in [0.2, 0.25) is 0 Å². The van der Waals surface area contributed by atoms with E-state index in [1.807, 2.05) is 18.7 Å². The van der Waals surface area contributed by atoms with Gasteiger partial charge in [-0.3, -0.25) is 16.0 Å². The standard InChI is InChI=1S/C12H25N5/c1-9-7-10(17(6)15-9)8-11(14-13)12(2,3)16(4)5/h7,11,14H,8,13H2,1-6H3. The predicted octanol–water partition coefficient (Wildman–Crippen LogP) is 0.443. The number of hydrogen-bond acceptors (Lipinski definition) is 4. The number of aryl methyl sites for hydroxylation is 2. The first-order valence-electron chi connectivity index (χ1n) is 5.92. The Labute approximate surface area is 104 Å². The first-order chi connectivity index (χ1) is 7.78. The van der Waals surface area contributed by atoms with Crippen LogP contribution < -0.4 is 11.3 Å². The lowest BCUT2D eigenvalue weighted by atomic mass is 9.90. The molecule has 0 amide bonds. The van der Waals surface area contributed by atoms with Crippen LogP contribution in [-0.4, -0.2) is 40.4 Å². The summed E-state index contributed by atoms with van der Waals surface area (Å²) in [6.07, 6.45) is 0.860. The number of hydrazine groups is 1. The SMILES string of the molecule is Cc1cc(CC(NN)C(C)(C)N(C)C)n(C)n1. The third-order valence-corrected chi connectivity index (χ3v) is 3.72. The van der Waals surface area contributed by atoms with Crippen molar-refractivity contribution in [3.05, 3.63) is 17.5 Å². The minimum atomic E-state index is -0.0209. The van der Waals surface area contributed by atoms with Crippen molar-refractivity contribution < 1.29 is 0 Å². The van der Waals surface area contributed by atoms with Crippen LogP contribution in [0.4, 0.5) is 0 Å². The summed E-state index contributed by atoms with van der Waals surface area (Å²) in [5, 5.41) is 4.36. The van der Waals surface area contributed by atoms with Gasteiger partial charge in [-0.25, -0.2) is 0 Å². The third-order valence-electron chi connectivity index (χ3n) is 3.72. The highest BCUT2D eigenvalue weighted by Gasteiger charge is 2.31. The van der Waals surface area contributed by atoms with Crippen molar-refractivity contribution in [3.63, 3.8) is 0 Å². The molecule has 98 valence electrons. The van der Waals surface area contributed by atoms with Gasteiger partial charge in [0.15, 0.2) is 0 Å². The third kappa shape index (κ3) is 3.06. The van der Waals surface area contributed by atoms with Gasteiger partial charge >= 0.3 is 0 Å². The topological polar surface area (TPSA) is 59.1 Å². The molecule has 1 unspecified atom stereocenters. The van der Waals surface area contributed by atoms with E-state index in [0.717, 1.165) is 12.1 Å². The molecule has 0 saturated heterocycles. The largest absolute Gasteiger partial charge is 0.303 e. The summed E-state index contributed by atoms with van der Waals surface area (Å²) in [6, 6.07) is 2.28. The van der Waals surface area contributed by atoms with E-state index in [1.54, 1.807) is 0 Å². The Hall–Kier alpha value is -0.910. The summed E-state index contributed by atoms with van der Waals surface area (Å²) in [5.41, 5.74) is 5.14. The first-order valence-corrected chi connectivity index (χ1v) is 5.92. The second-order valence-electron chi connectivity index (χ2n) is 5.37. The molecule has 0 fully saturated rings. The minimum absolute atomic E-state index is 0.0209. The molecule has 0 saturated carbocycles. The fraction of sp³-hybridized carbons (Fsp3) is 0.750. The van der Waals surface area contributed by atoms with Crippen molar-refractivity contribution in [2.45, 2.75) is 38.8 Å². The van der Waals surface area contributed by atoms with E-state index in [9.17, 15) is 0 Å². The zero-order valence-corrected chi connectivity index (χ0v) is 11.8. The molecule has 0 bridgehead atoms. The molecule has 0 radical (unpaired) electrons. The van der Waals surface area contributed by atoms with Crippen molar-refractivity contribution in [3.8, 4) is 0 Å². The quantitative estimate of drug-likeness (QED) is 0.578. The molecule has 5 nitrogen and oxygen atoms in total. The van der Waals surface area contributed by atoms with Crippen LogP contribution in [0.5, 0.6) is 0 Å². The number of likely N-dealkylation sites (N-methyl/N-ethyl adjacent to an activating group) is 1. The summed E-state index contributed by atoms with van der Waals surface area (Å²) in [7, 11) is 6.11. The van der Waals surface area contributed by atoms with E-state index >= 15 is 0 Å². The van der Waals surface area contributed by atoms with Crippen LogP contribution in [-0.2, 0) is 13.5 Å². The zero-order valence-electron chi connectivity index (χ0n) is 11.8. The average Bonchev–Trinajstić information content (AvgIpc) is 2.53. The highest BCUT2D eigenvalue weighted by atomic mass is 15.3. The Morgan fingerprint density at radius 3 is 2.47 bits per heavy atom. The Balaban J connectivity index is 2.87. The molecule has 0 aliphatic rings. The lowest BCUT2D eigenvalue weighted by Crippen LogP contribution is -2.58. The van der Waals surface area contributed by atoms with E-state index in [2.05, 4.69) is 49.4 Å². The number of rotatable bonds is 5. The van der Waals surface area contributed by atoms with Crippen molar-refractivity contribution in [1.82, 2.24) is 20.1 Å². The van der Waals surface area contributed by atoms with E-state index in [1.165, 1.54) is 5.69 Å². The number of aromatic nitrogens is 2. The second kappa shape index (κ2) is 5.16. The van der Waals surface area contributed by atoms with E-state index in [4.69, 9.17) is 5.84 Å². The van der Waals surface area contributed by atoms with Gasteiger partial charge in [-0.2, -0.15) is 5.10 Å².